The van der Waals surface area contributed by atoms with Crippen molar-refractivity contribution in [3.05, 3.63) is 45.9 Å². The summed E-state index contributed by atoms with van der Waals surface area (Å²) in [6, 6.07) is 9.76. The molecule has 1 aromatic carbocycles. The molecule has 0 amide bonds. The number of aliphatic imine (C=N–C) groups is 1. The Kier molecular flexibility index (Phi) is 6.23. The maximum absolute atomic E-state index is 5.83. The van der Waals surface area contributed by atoms with Crippen LogP contribution in [0.4, 0.5) is 5.69 Å². The van der Waals surface area contributed by atoms with Gasteiger partial charge in [-0.3, -0.25) is 0 Å². The Bertz CT molecular complexity index is 551. The van der Waals surface area contributed by atoms with E-state index >= 15 is 0 Å². The second-order valence-corrected chi connectivity index (χ2v) is 5.22. The van der Waals surface area contributed by atoms with Gasteiger partial charge in [0.2, 0.25) is 0 Å². The SMILES string of the molecule is Cc1nc(C)c(CN=C(N)Nc2ccccc2)s1.I. The predicted molar refractivity (Wildman–Crippen MR) is 92.4 cm³/mol. The van der Waals surface area contributed by atoms with E-state index in [0.717, 1.165) is 21.3 Å². The van der Waals surface area contributed by atoms with Crippen LogP contribution in [0.2, 0.25) is 0 Å². The zero-order valence-corrected chi connectivity index (χ0v) is 14.0. The lowest BCUT2D eigenvalue weighted by Gasteiger charge is -2.04. The first-order valence-electron chi connectivity index (χ1n) is 5.70. The maximum Gasteiger partial charge on any atom is 0.193 e. The summed E-state index contributed by atoms with van der Waals surface area (Å²) in [5, 5.41) is 4.11. The Balaban J connectivity index is 0.00000180. The van der Waals surface area contributed by atoms with E-state index in [4.69, 9.17) is 5.73 Å². The fourth-order valence-electron chi connectivity index (χ4n) is 1.59. The summed E-state index contributed by atoms with van der Waals surface area (Å²) in [7, 11) is 0. The summed E-state index contributed by atoms with van der Waals surface area (Å²) in [6.07, 6.45) is 0. The van der Waals surface area contributed by atoms with Crippen LogP contribution in [0.5, 0.6) is 0 Å². The van der Waals surface area contributed by atoms with Gasteiger partial charge < -0.3 is 11.1 Å². The molecule has 4 nitrogen and oxygen atoms in total. The number of nitrogens with one attached hydrogen (secondary N) is 1. The van der Waals surface area contributed by atoms with Crippen molar-refractivity contribution >= 4 is 47.0 Å². The zero-order valence-electron chi connectivity index (χ0n) is 10.9. The van der Waals surface area contributed by atoms with E-state index in [1.807, 2.05) is 44.2 Å². The van der Waals surface area contributed by atoms with Crippen molar-refractivity contribution in [1.29, 1.82) is 0 Å². The molecule has 0 aliphatic heterocycles. The van der Waals surface area contributed by atoms with Crippen LogP contribution in [0, 0.1) is 13.8 Å². The maximum atomic E-state index is 5.83. The lowest BCUT2D eigenvalue weighted by molar-refractivity contribution is 1.05. The third-order valence-electron chi connectivity index (χ3n) is 2.44. The van der Waals surface area contributed by atoms with Crippen molar-refractivity contribution in [1.82, 2.24) is 4.98 Å². The molecular formula is C13H17IN4S. The van der Waals surface area contributed by atoms with Gasteiger partial charge in [0.25, 0.3) is 0 Å². The normalized spacial score (nSPS) is 10.9. The van der Waals surface area contributed by atoms with Crippen LogP contribution in [0.3, 0.4) is 0 Å². The van der Waals surface area contributed by atoms with Gasteiger partial charge in [-0.1, -0.05) is 18.2 Å². The molecule has 0 spiro atoms. The second kappa shape index (κ2) is 7.44. The summed E-state index contributed by atoms with van der Waals surface area (Å²) in [5.41, 5.74) is 7.81. The smallest absolute Gasteiger partial charge is 0.193 e. The van der Waals surface area contributed by atoms with E-state index in [-0.39, 0.29) is 24.0 Å². The number of benzene rings is 1. The van der Waals surface area contributed by atoms with Crippen molar-refractivity contribution in [2.45, 2.75) is 20.4 Å². The Hall–Kier alpha value is -1.15. The average Bonchev–Trinajstić information content (AvgIpc) is 2.66. The number of rotatable bonds is 3. The minimum absolute atomic E-state index is 0. The number of hydrogen-bond donors (Lipinski definition) is 2. The first-order valence-corrected chi connectivity index (χ1v) is 6.51. The van der Waals surface area contributed by atoms with Crippen molar-refractivity contribution in [3.63, 3.8) is 0 Å². The van der Waals surface area contributed by atoms with E-state index in [2.05, 4.69) is 15.3 Å². The molecule has 0 saturated heterocycles. The van der Waals surface area contributed by atoms with Gasteiger partial charge in [-0.2, -0.15) is 0 Å². The van der Waals surface area contributed by atoms with Crippen LogP contribution >= 0.6 is 35.3 Å². The lowest BCUT2D eigenvalue weighted by atomic mass is 10.3. The van der Waals surface area contributed by atoms with E-state index in [1.54, 1.807) is 11.3 Å². The van der Waals surface area contributed by atoms with Gasteiger partial charge in [0.15, 0.2) is 5.96 Å². The molecule has 0 aliphatic rings. The molecule has 0 saturated carbocycles. The van der Waals surface area contributed by atoms with Crippen molar-refractivity contribution in [2.75, 3.05) is 5.32 Å². The number of aryl methyl sites for hydroxylation is 2. The van der Waals surface area contributed by atoms with E-state index in [1.165, 1.54) is 0 Å². The van der Waals surface area contributed by atoms with Gasteiger partial charge in [-0.25, -0.2) is 9.98 Å². The van der Waals surface area contributed by atoms with Gasteiger partial charge in [-0.15, -0.1) is 35.3 Å². The molecule has 19 heavy (non-hydrogen) atoms. The number of guanidine groups is 1. The molecule has 0 atom stereocenters. The molecule has 0 aliphatic carbocycles. The molecule has 0 fully saturated rings. The number of nitrogens with two attached hydrogens (primary N) is 1. The van der Waals surface area contributed by atoms with Gasteiger partial charge in [-0.05, 0) is 26.0 Å². The minimum Gasteiger partial charge on any atom is -0.370 e. The zero-order chi connectivity index (χ0) is 13.0. The van der Waals surface area contributed by atoms with E-state index < -0.39 is 0 Å². The lowest BCUT2D eigenvalue weighted by Crippen LogP contribution is -2.22. The van der Waals surface area contributed by atoms with Gasteiger partial charge >= 0.3 is 0 Å². The monoisotopic (exact) mass is 388 g/mol. The van der Waals surface area contributed by atoms with Crippen LogP contribution in [-0.2, 0) is 6.54 Å². The highest BCUT2D eigenvalue weighted by atomic mass is 127. The van der Waals surface area contributed by atoms with E-state index in [9.17, 15) is 0 Å². The third kappa shape index (κ3) is 4.79. The summed E-state index contributed by atoms with van der Waals surface area (Å²) < 4.78 is 0. The Morgan fingerprint density at radius 3 is 2.58 bits per heavy atom. The largest absolute Gasteiger partial charge is 0.370 e. The highest BCUT2D eigenvalue weighted by molar-refractivity contribution is 14.0. The van der Waals surface area contributed by atoms with Crippen LogP contribution < -0.4 is 11.1 Å². The van der Waals surface area contributed by atoms with Crippen molar-refractivity contribution in [2.24, 2.45) is 10.7 Å². The Labute approximate surface area is 134 Å². The Morgan fingerprint density at radius 1 is 1.32 bits per heavy atom. The van der Waals surface area contributed by atoms with E-state index in [0.29, 0.717) is 12.5 Å². The fourth-order valence-corrected chi connectivity index (χ4v) is 2.45. The molecule has 2 aromatic rings. The quantitative estimate of drug-likeness (QED) is 0.482. The molecule has 1 aromatic heterocycles. The number of anilines is 1. The summed E-state index contributed by atoms with van der Waals surface area (Å²) in [5.74, 6) is 0.423. The number of aromatic nitrogens is 1. The predicted octanol–water partition coefficient (Wildman–Crippen LogP) is 3.30. The second-order valence-electron chi connectivity index (χ2n) is 3.93. The first kappa shape index (κ1) is 15.9. The molecule has 1 heterocycles. The molecule has 0 bridgehead atoms. The molecule has 0 radical (unpaired) electrons. The number of hydrogen-bond acceptors (Lipinski definition) is 3. The Morgan fingerprint density at radius 2 is 2.00 bits per heavy atom. The summed E-state index contributed by atoms with van der Waals surface area (Å²) in [6.45, 7) is 4.56. The standard InChI is InChI=1S/C13H16N4S.HI/c1-9-12(18-10(2)16-9)8-15-13(14)17-11-6-4-3-5-7-11;/h3-7H,8H2,1-2H3,(H3,14,15,17);1H. The van der Waals surface area contributed by atoms with Gasteiger partial charge in [0, 0.05) is 10.6 Å². The van der Waals surface area contributed by atoms with Crippen molar-refractivity contribution < 1.29 is 0 Å². The van der Waals surface area contributed by atoms with Crippen LogP contribution in [-0.4, -0.2) is 10.9 Å². The minimum atomic E-state index is 0. The average molecular weight is 388 g/mol. The third-order valence-corrected chi connectivity index (χ3v) is 3.50. The highest BCUT2D eigenvalue weighted by Crippen LogP contribution is 2.17. The topological polar surface area (TPSA) is 63.3 Å². The van der Waals surface area contributed by atoms with Crippen LogP contribution in [0.1, 0.15) is 15.6 Å². The number of para-hydroxylation sites is 1. The van der Waals surface area contributed by atoms with Gasteiger partial charge in [0.05, 0.1) is 17.2 Å². The fraction of sp³-hybridized carbons (Fsp3) is 0.231. The number of nitrogens with zero attached hydrogens (tertiary/aromatic N) is 2. The van der Waals surface area contributed by atoms with Crippen LogP contribution in [0.15, 0.2) is 35.3 Å². The van der Waals surface area contributed by atoms with Gasteiger partial charge in [0.1, 0.15) is 0 Å². The molecule has 6 heteroatoms. The number of thiazole rings is 1. The molecule has 3 N–H and O–H groups in total. The van der Waals surface area contributed by atoms with Crippen LogP contribution in [0.25, 0.3) is 0 Å². The number of halogens is 1. The summed E-state index contributed by atoms with van der Waals surface area (Å²) >= 11 is 1.66. The molecule has 0 unspecified atom stereocenters. The highest BCUT2D eigenvalue weighted by Gasteiger charge is 2.03. The summed E-state index contributed by atoms with van der Waals surface area (Å²) in [4.78, 5) is 9.84. The molecule has 102 valence electrons. The molecular weight excluding hydrogens is 371 g/mol. The van der Waals surface area contributed by atoms with Crippen molar-refractivity contribution in [3.8, 4) is 0 Å². The molecule has 2 rings (SSSR count). The first-order chi connectivity index (χ1) is 8.65.